The molecule has 0 amide bonds. The van der Waals surface area contributed by atoms with Gasteiger partial charge in [0.25, 0.3) is 0 Å². The minimum atomic E-state index is -0.301. The van der Waals surface area contributed by atoms with Gasteiger partial charge in [0.2, 0.25) is 0 Å². The molecule has 4 heteroatoms. The third-order valence-corrected chi connectivity index (χ3v) is 4.47. The fourth-order valence-corrected chi connectivity index (χ4v) is 3.47. The predicted octanol–water partition coefficient (Wildman–Crippen LogP) is 2.23. The van der Waals surface area contributed by atoms with Crippen molar-refractivity contribution in [3.8, 4) is 6.07 Å². The van der Waals surface area contributed by atoms with Gasteiger partial charge in [-0.2, -0.15) is 5.26 Å². The standard InChI is InChI=1S/C17H18N2O2/c1-11(20)21-17-14(12-6-4-3-5-7-12)9-15-13(10-18)8-16(17)19(15)2/h3-7,9,13,15-17H,8H2,1-2H3. The summed E-state index contributed by atoms with van der Waals surface area (Å²) in [4.78, 5) is 13.6. The van der Waals surface area contributed by atoms with Crippen LogP contribution in [-0.4, -0.2) is 36.1 Å². The Hall–Kier alpha value is -2.12. The lowest BCUT2D eigenvalue weighted by molar-refractivity contribution is -0.146. The highest BCUT2D eigenvalue weighted by Gasteiger charge is 2.48. The molecule has 4 atom stereocenters. The molecule has 0 saturated carbocycles. The molecule has 4 nitrogen and oxygen atoms in total. The highest BCUT2D eigenvalue weighted by molar-refractivity contribution is 5.75. The van der Waals surface area contributed by atoms with Crippen LogP contribution in [-0.2, 0) is 9.53 Å². The molecule has 0 spiro atoms. The maximum atomic E-state index is 11.5. The van der Waals surface area contributed by atoms with Gasteiger partial charge >= 0.3 is 5.97 Å². The van der Waals surface area contributed by atoms with E-state index in [2.05, 4.69) is 17.0 Å². The molecular formula is C17H18N2O2. The number of fused-ring (bicyclic) bond motifs is 2. The van der Waals surface area contributed by atoms with Gasteiger partial charge in [0.1, 0.15) is 6.10 Å². The average Bonchev–Trinajstić information content (AvgIpc) is 2.69. The normalized spacial score (nSPS) is 31.4. The van der Waals surface area contributed by atoms with Crippen molar-refractivity contribution < 1.29 is 9.53 Å². The molecule has 1 saturated heterocycles. The molecule has 108 valence electrons. The summed E-state index contributed by atoms with van der Waals surface area (Å²) < 4.78 is 5.59. The highest BCUT2D eigenvalue weighted by Crippen LogP contribution is 2.42. The van der Waals surface area contributed by atoms with Gasteiger partial charge in [-0.25, -0.2) is 0 Å². The minimum Gasteiger partial charge on any atom is -0.456 e. The Morgan fingerprint density at radius 2 is 2.10 bits per heavy atom. The monoisotopic (exact) mass is 282 g/mol. The fraction of sp³-hybridized carbons (Fsp3) is 0.412. The number of benzene rings is 1. The van der Waals surface area contributed by atoms with Crippen LogP contribution in [0, 0.1) is 17.2 Å². The summed E-state index contributed by atoms with van der Waals surface area (Å²) in [5, 5.41) is 9.34. The van der Waals surface area contributed by atoms with Crippen LogP contribution in [0.25, 0.3) is 5.57 Å². The zero-order valence-electron chi connectivity index (χ0n) is 12.2. The van der Waals surface area contributed by atoms with Crippen molar-refractivity contribution in [1.29, 1.82) is 5.26 Å². The van der Waals surface area contributed by atoms with Crippen molar-refractivity contribution in [1.82, 2.24) is 4.90 Å². The predicted molar refractivity (Wildman–Crippen MR) is 79.0 cm³/mol. The molecule has 2 bridgehead atoms. The molecule has 2 heterocycles. The minimum absolute atomic E-state index is 0.0423. The number of nitrogens with zero attached hydrogens (tertiary/aromatic N) is 2. The quantitative estimate of drug-likeness (QED) is 0.781. The number of carbonyl (C=O) groups is 1. The van der Waals surface area contributed by atoms with Gasteiger partial charge in [-0.3, -0.25) is 9.69 Å². The molecule has 3 rings (SSSR count). The molecule has 0 aliphatic carbocycles. The van der Waals surface area contributed by atoms with Gasteiger partial charge in [0.05, 0.1) is 18.0 Å². The van der Waals surface area contributed by atoms with Crippen molar-refractivity contribution in [2.45, 2.75) is 31.5 Å². The van der Waals surface area contributed by atoms with Crippen LogP contribution < -0.4 is 0 Å². The summed E-state index contributed by atoms with van der Waals surface area (Å²) in [5.74, 6) is -0.326. The molecule has 1 fully saturated rings. The van der Waals surface area contributed by atoms with Crippen molar-refractivity contribution in [2.24, 2.45) is 5.92 Å². The summed E-state index contributed by atoms with van der Waals surface area (Å²) in [6.07, 6.45) is 2.53. The van der Waals surface area contributed by atoms with Gasteiger partial charge in [-0.05, 0) is 24.6 Å². The van der Waals surface area contributed by atoms with Crippen LogP contribution in [0.4, 0.5) is 0 Å². The van der Waals surface area contributed by atoms with Gasteiger partial charge in [-0.15, -0.1) is 0 Å². The number of ether oxygens (including phenoxy) is 1. The van der Waals surface area contributed by atoms with E-state index in [1.54, 1.807) is 0 Å². The Balaban J connectivity index is 2.04. The van der Waals surface area contributed by atoms with Crippen molar-refractivity contribution in [3.05, 3.63) is 42.0 Å². The molecule has 0 N–H and O–H groups in total. The molecule has 0 aromatic heterocycles. The molecule has 2 aliphatic rings. The van der Waals surface area contributed by atoms with Gasteiger partial charge in [0, 0.05) is 13.0 Å². The molecule has 2 aliphatic heterocycles. The first-order chi connectivity index (χ1) is 10.1. The van der Waals surface area contributed by atoms with E-state index in [4.69, 9.17) is 4.74 Å². The summed E-state index contributed by atoms with van der Waals surface area (Å²) >= 11 is 0. The first-order valence-electron chi connectivity index (χ1n) is 7.17. The van der Waals surface area contributed by atoms with Crippen LogP contribution in [0.5, 0.6) is 0 Å². The number of hydrogen-bond donors (Lipinski definition) is 0. The second kappa shape index (κ2) is 5.34. The molecular weight excluding hydrogens is 264 g/mol. The topological polar surface area (TPSA) is 53.3 Å². The van der Waals surface area contributed by atoms with Crippen molar-refractivity contribution in [2.75, 3.05) is 7.05 Å². The largest absolute Gasteiger partial charge is 0.456 e. The van der Waals surface area contributed by atoms with E-state index < -0.39 is 0 Å². The van der Waals surface area contributed by atoms with E-state index in [0.717, 1.165) is 17.6 Å². The van der Waals surface area contributed by atoms with Crippen LogP contribution in [0.15, 0.2) is 36.4 Å². The van der Waals surface area contributed by atoms with Crippen molar-refractivity contribution in [3.63, 3.8) is 0 Å². The van der Waals surface area contributed by atoms with Gasteiger partial charge in [0.15, 0.2) is 0 Å². The number of likely N-dealkylation sites (N-methyl/N-ethyl adjacent to an activating group) is 1. The molecule has 1 aromatic carbocycles. The maximum absolute atomic E-state index is 11.5. The Bertz CT molecular complexity index is 617. The van der Waals surface area contributed by atoms with Crippen LogP contribution in [0.1, 0.15) is 18.9 Å². The number of nitriles is 1. The lowest BCUT2D eigenvalue weighted by atomic mass is 9.92. The number of rotatable bonds is 2. The summed E-state index contributed by atoms with van der Waals surface area (Å²) in [5.41, 5.74) is 2.09. The Kier molecular flexibility index (Phi) is 3.52. The lowest BCUT2D eigenvalue weighted by Gasteiger charge is -2.36. The zero-order chi connectivity index (χ0) is 15.0. The second-order valence-corrected chi connectivity index (χ2v) is 5.71. The first-order valence-corrected chi connectivity index (χ1v) is 7.17. The van der Waals surface area contributed by atoms with Crippen LogP contribution >= 0.6 is 0 Å². The van der Waals surface area contributed by atoms with E-state index in [1.165, 1.54) is 6.92 Å². The highest BCUT2D eigenvalue weighted by atomic mass is 16.5. The van der Waals surface area contributed by atoms with Gasteiger partial charge < -0.3 is 4.74 Å². The van der Waals surface area contributed by atoms with Crippen LogP contribution in [0.2, 0.25) is 0 Å². The fourth-order valence-electron chi connectivity index (χ4n) is 3.47. The third-order valence-electron chi connectivity index (χ3n) is 4.47. The molecule has 0 radical (unpaired) electrons. The summed E-state index contributed by atoms with van der Waals surface area (Å²) in [6.45, 7) is 1.44. The smallest absolute Gasteiger partial charge is 0.303 e. The second-order valence-electron chi connectivity index (χ2n) is 5.71. The Morgan fingerprint density at radius 3 is 2.71 bits per heavy atom. The number of hydrogen-bond acceptors (Lipinski definition) is 4. The maximum Gasteiger partial charge on any atom is 0.303 e. The molecule has 1 aromatic rings. The van der Waals surface area contributed by atoms with E-state index in [0.29, 0.717) is 0 Å². The average molecular weight is 282 g/mol. The summed E-state index contributed by atoms with van der Waals surface area (Å²) in [7, 11) is 2.00. The van der Waals surface area contributed by atoms with Crippen molar-refractivity contribution >= 4 is 11.5 Å². The Morgan fingerprint density at radius 1 is 1.38 bits per heavy atom. The number of esters is 1. The van der Waals surface area contributed by atoms with E-state index >= 15 is 0 Å². The first kappa shape index (κ1) is 13.8. The molecule has 4 unspecified atom stereocenters. The van der Waals surface area contributed by atoms with E-state index in [-0.39, 0.29) is 30.1 Å². The van der Waals surface area contributed by atoms with Gasteiger partial charge in [-0.1, -0.05) is 36.4 Å². The van der Waals surface area contributed by atoms with E-state index in [1.807, 2.05) is 37.4 Å². The molecule has 21 heavy (non-hydrogen) atoms. The van der Waals surface area contributed by atoms with Crippen LogP contribution in [0.3, 0.4) is 0 Å². The summed E-state index contributed by atoms with van der Waals surface area (Å²) in [6, 6.07) is 12.5. The number of carbonyl (C=O) groups excluding carboxylic acids is 1. The SMILES string of the molecule is CC(=O)OC1C(c2ccccc2)=CC2C(C#N)CC1N2C. The third kappa shape index (κ3) is 2.34. The lowest BCUT2D eigenvalue weighted by Crippen LogP contribution is -2.46. The zero-order valence-corrected chi connectivity index (χ0v) is 12.2. The Labute approximate surface area is 124 Å². The van der Waals surface area contributed by atoms with E-state index in [9.17, 15) is 10.1 Å².